The Morgan fingerprint density at radius 1 is 0.356 bits per heavy atom. The quantitative estimate of drug-likeness (QED) is 0.0282. The smallest absolute Gasteiger partial charge is 0.0654 e. The van der Waals surface area contributed by atoms with E-state index < -0.39 is 40.9 Å². The van der Waals surface area contributed by atoms with Gasteiger partial charge in [0.1, 0.15) is 0 Å². The number of thiophene rings is 2. The van der Waals surface area contributed by atoms with Crippen LogP contribution in [-0.4, -0.2) is 50.0 Å². The molecule has 0 aliphatic carbocycles. The molecule has 90 heavy (non-hydrogen) atoms. The first kappa shape index (κ1) is 76.9. The summed E-state index contributed by atoms with van der Waals surface area (Å²) in [6.07, 6.45) is 66.6. The van der Waals surface area contributed by atoms with E-state index in [2.05, 4.69) is 123 Å². The molecule has 6 heterocycles. The monoisotopic (exact) mass is 1500 g/mol. The average Bonchev–Trinajstić information content (AvgIpc) is 1.66. The van der Waals surface area contributed by atoms with Crippen LogP contribution in [0, 0.1) is 25.7 Å². The van der Waals surface area contributed by atoms with E-state index in [1.807, 2.05) is 22.7 Å². The van der Waals surface area contributed by atoms with Crippen LogP contribution in [0.4, 0.5) is 0 Å². The van der Waals surface area contributed by atoms with E-state index in [1.165, 1.54) is 304 Å². The van der Waals surface area contributed by atoms with Crippen molar-refractivity contribution in [3.63, 3.8) is 0 Å². The molecular weight excluding hydrogens is 1360 g/mol. The first-order chi connectivity index (χ1) is 44.2. The number of hydrogen-bond donors (Lipinski definition) is 0. The Morgan fingerprint density at radius 2 is 0.678 bits per heavy atom. The summed E-state index contributed by atoms with van der Waals surface area (Å²) >= 11 is 2.21. The number of aromatic nitrogens is 2. The van der Waals surface area contributed by atoms with Gasteiger partial charge in [-0.3, -0.25) is 0 Å². The van der Waals surface area contributed by atoms with E-state index in [9.17, 15) is 0 Å². The van der Waals surface area contributed by atoms with Crippen LogP contribution < -0.4 is 11.1 Å². The molecule has 0 aliphatic heterocycles. The molecule has 0 saturated heterocycles. The molecule has 0 aliphatic rings. The van der Waals surface area contributed by atoms with Crippen LogP contribution in [-0.2, 0) is 13.1 Å². The van der Waals surface area contributed by atoms with Crippen molar-refractivity contribution in [3.05, 3.63) is 99.6 Å². The molecule has 2 unspecified atom stereocenters. The van der Waals surface area contributed by atoms with Gasteiger partial charge >= 0.3 is 377 Å². The predicted molar refractivity (Wildman–Crippen MR) is 405 cm³/mol. The number of unbranched alkanes of at least 4 members (excludes halogenated alkanes) is 34. The summed E-state index contributed by atoms with van der Waals surface area (Å²) in [4.78, 5) is 36.2. The molecule has 8 heteroatoms. The van der Waals surface area contributed by atoms with E-state index in [0.717, 1.165) is 59.7 Å². The molecule has 0 N–H and O–H groups in total. The van der Waals surface area contributed by atoms with E-state index in [0.29, 0.717) is 13.1 Å². The Bertz CT molecular complexity index is 2940. The van der Waals surface area contributed by atoms with Crippen LogP contribution >= 0.6 is 22.7 Å². The van der Waals surface area contributed by atoms with Gasteiger partial charge in [0.25, 0.3) is 0 Å². The van der Waals surface area contributed by atoms with Gasteiger partial charge in [-0.1, -0.05) is 207 Å². The normalized spacial score (nSPS) is 12.6. The molecule has 4 nitrogen and oxygen atoms in total. The van der Waals surface area contributed by atoms with Gasteiger partial charge in [0.15, 0.2) is 0 Å². The SMILES string of the molecule is CCCCCCCCCCCCC(CCCCCCCCCC)CCCCn1c(=O)c(-c2ccc(C)[te]2)cc2c1cc(-c1ccc(-c3ccc(/C=C/c4ccc(C)s4)s3)[te]1)c(=O)n2CCCCC(CCCCCCCCCC)CCCCCCCCCCCC. The topological polar surface area (TPSA) is 44.0 Å². The third-order valence-corrected chi connectivity index (χ3v) is 28.3. The van der Waals surface area contributed by atoms with Crippen LogP contribution in [0.5, 0.6) is 0 Å². The minimum atomic E-state index is -0.854. The van der Waals surface area contributed by atoms with Gasteiger partial charge in [-0.05, 0) is 0 Å². The third kappa shape index (κ3) is 29.5. The van der Waals surface area contributed by atoms with Gasteiger partial charge in [0.05, 0.1) is 0 Å². The molecule has 0 fully saturated rings. The van der Waals surface area contributed by atoms with E-state index in [1.54, 1.807) is 0 Å². The molecule has 502 valence electrons. The number of rotatable bonds is 55. The van der Waals surface area contributed by atoms with Crippen LogP contribution in [0.25, 0.3) is 49.9 Å². The van der Waals surface area contributed by atoms with E-state index >= 15 is 9.59 Å². The molecule has 0 spiro atoms. The van der Waals surface area contributed by atoms with Gasteiger partial charge in [0, 0.05) is 0 Å². The molecule has 0 amide bonds. The van der Waals surface area contributed by atoms with Crippen molar-refractivity contribution in [2.75, 3.05) is 0 Å². The van der Waals surface area contributed by atoms with Crippen molar-refractivity contribution in [1.82, 2.24) is 9.13 Å². The van der Waals surface area contributed by atoms with Crippen LogP contribution in [0.15, 0.2) is 70.3 Å². The zero-order valence-corrected chi connectivity index (χ0v) is 64.7. The summed E-state index contributed by atoms with van der Waals surface area (Å²) in [6, 6.07) is 22.4. The second kappa shape index (κ2) is 47.7. The molecule has 2 atom stereocenters. The van der Waals surface area contributed by atoms with E-state index in [-0.39, 0.29) is 11.1 Å². The maximum absolute atomic E-state index is 15.6. The Labute approximate surface area is 579 Å². The molecular formula is C82H128N2O2S2Te2. The van der Waals surface area contributed by atoms with Crippen molar-refractivity contribution in [3.8, 4) is 26.7 Å². The van der Waals surface area contributed by atoms with Crippen molar-refractivity contribution in [1.29, 1.82) is 0 Å². The summed E-state index contributed by atoms with van der Waals surface area (Å²) in [5.41, 5.74) is 3.95. The minimum Gasteiger partial charge on any atom is -0.0654 e. The Hall–Kier alpha value is -2.16. The fraction of sp³-hybridized carbons (Fsp3) is 0.683. The first-order valence-electron chi connectivity index (χ1n) is 38.1. The summed E-state index contributed by atoms with van der Waals surface area (Å²) in [6.45, 7) is 15.1. The maximum atomic E-state index is 15.6. The van der Waals surface area contributed by atoms with E-state index in [4.69, 9.17) is 0 Å². The summed E-state index contributed by atoms with van der Waals surface area (Å²) in [7, 11) is 0. The van der Waals surface area contributed by atoms with Gasteiger partial charge in [-0.15, -0.1) is 0 Å². The van der Waals surface area contributed by atoms with Crippen molar-refractivity contribution < 1.29 is 0 Å². The number of fused-ring (bicyclic) bond motifs is 1. The molecule has 0 bridgehead atoms. The van der Waals surface area contributed by atoms with Gasteiger partial charge in [-0.25, -0.2) is 0 Å². The molecule has 0 saturated carbocycles. The van der Waals surface area contributed by atoms with Crippen molar-refractivity contribution in [2.24, 2.45) is 11.8 Å². The second-order valence-electron chi connectivity index (χ2n) is 27.6. The fourth-order valence-electron chi connectivity index (χ4n) is 14.0. The van der Waals surface area contributed by atoms with Crippen molar-refractivity contribution in [2.45, 2.75) is 350 Å². The fourth-order valence-corrected chi connectivity index (χ4v) is 21.4. The van der Waals surface area contributed by atoms with Gasteiger partial charge < -0.3 is 0 Å². The summed E-state index contributed by atoms with van der Waals surface area (Å²) in [5, 5.41) is 0. The average molecular weight is 1490 g/mol. The zero-order chi connectivity index (χ0) is 63.6. The van der Waals surface area contributed by atoms with Crippen molar-refractivity contribution >= 4 is 86.7 Å². The molecule has 6 aromatic rings. The molecule has 0 aromatic carbocycles. The van der Waals surface area contributed by atoms with Crippen LogP contribution in [0.3, 0.4) is 0 Å². The van der Waals surface area contributed by atoms with Crippen LogP contribution in [0.1, 0.15) is 341 Å². The first-order valence-corrected chi connectivity index (χ1v) is 44.3. The predicted octanol–water partition coefficient (Wildman–Crippen LogP) is 26.4. The Balaban J connectivity index is 1.24. The summed E-state index contributed by atoms with van der Waals surface area (Å²) < 4.78 is 9.61. The van der Waals surface area contributed by atoms with Crippen LogP contribution in [0.2, 0.25) is 0 Å². The summed E-state index contributed by atoms with van der Waals surface area (Å²) in [5.74, 6) is 1.54. The number of nitrogens with zero attached hydrogens (tertiary/aromatic N) is 2. The Morgan fingerprint density at radius 3 is 1.03 bits per heavy atom. The number of pyridine rings is 2. The minimum absolute atomic E-state index is 0.147. The molecule has 6 rings (SSSR count). The third-order valence-electron chi connectivity index (χ3n) is 19.6. The standard InChI is InChI=1S/C82H128N2O2S2Te2/c1-7-11-15-19-23-27-29-33-37-41-49-69(47-39-35-31-25-21-17-13-9-3)51-43-45-63-83-76-66-74(79-61-62-80(90-79)77-59-58-72(88-77)57-56-71-55-53-67(5)87-71)82(86)84(75(76)65-73(81(83)85)78-60-54-68(6)89-78)64-46-44-52-70(48-40-36-32-26-22-18-14-10-4)50-42-38-34-30-28-24-20-16-12-8-2/h53-62,65-66,69-70H,7-52,63-64H2,1-6H3/b57-56+. The number of aryl methyl sites for hydroxylation is 4. The molecule has 0 radical (unpaired) electrons. The number of hydrogen-bond acceptors (Lipinski definition) is 4. The Kier molecular flexibility index (Phi) is 40.7. The molecule has 6 aromatic heterocycles. The zero-order valence-electron chi connectivity index (χ0n) is 58.4. The van der Waals surface area contributed by atoms with Gasteiger partial charge in [0.2, 0.25) is 0 Å². The van der Waals surface area contributed by atoms with Gasteiger partial charge in [-0.2, -0.15) is 0 Å². The second-order valence-corrected chi connectivity index (χ2v) is 36.8.